The summed E-state index contributed by atoms with van der Waals surface area (Å²) < 4.78 is 0. The zero-order valence-electron chi connectivity index (χ0n) is 19.7. The molecule has 1 saturated carbocycles. The van der Waals surface area contributed by atoms with Gasteiger partial charge in [-0.05, 0) is 59.8 Å². The Balaban J connectivity index is 1.48. The Bertz CT molecular complexity index is 989. The molecule has 2 unspecified atom stereocenters. The largest absolute Gasteiger partial charge is 0.121 e. The molecular weight excluding hydrogens is 446 g/mol. The van der Waals surface area contributed by atoms with E-state index in [2.05, 4.69) is 140 Å². The van der Waals surface area contributed by atoms with Gasteiger partial charge in [-0.15, -0.1) is 18.5 Å². The summed E-state index contributed by atoms with van der Waals surface area (Å²) in [5.74, 6) is 1.17. The van der Waals surface area contributed by atoms with Gasteiger partial charge in [-0.3, -0.25) is 0 Å². The highest BCUT2D eigenvalue weighted by Gasteiger charge is 2.44. The van der Waals surface area contributed by atoms with Crippen LogP contribution in [0.3, 0.4) is 0 Å². The molecule has 0 N–H and O–H groups in total. The van der Waals surface area contributed by atoms with Crippen LogP contribution in [0.1, 0.15) is 47.9 Å². The molecule has 0 amide bonds. The van der Waals surface area contributed by atoms with Crippen LogP contribution in [0.15, 0.2) is 121 Å². The van der Waals surface area contributed by atoms with Crippen molar-refractivity contribution in [3.05, 3.63) is 144 Å². The maximum atomic E-state index is 3.30. The average molecular weight is 481 g/mol. The van der Waals surface area contributed by atoms with Crippen molar-refractivity contribution in [2.75, 3.05) is 0 Å². The molecule has 1 aliphatic rings. The second kappa shape index (κ2) is 10.2. The van der Waals surface area contributed by atoms with Gasteiger partial charge in [0.2, 0.25) is 0 Å². The summed E-state index contributed by atoms with van der Waals surface area (Å²) in [5, 5.41) is -0.118. The molecule has 2 heteroatoms. The third-order valence-electron chi connectivity index (χ3n) is 8.02. The minimum absolute atomic E-state index is 0.0590. The lowest BCUT2D eigenvalue weighted by molar-refractivity contribution is 0.217. The lowest BCUT2D eigenvalue weighted by atomic mass is 9.65. The van der Waals surface area contributed by atoms with E-state index >= 15 is 0 Å². The van der Waals surface area contributed by atoms with E-state index in [-0.39, 0.29) is 10.3 Å². The standard InChI is InChI=1S/C32H34P2/c33-31(25-13-5-1-6-14-25,26-15-7-2-8-16-26)29-21-23-30(24-22-29)32(34,27-17-9-3-10-18-27)28-19-11-4-12-20-28/h1-20,29-30H,21-24,33-34H2/t29-,30+. The van der Waals surface area contributed by atoms with Crippen molar-refractivity contribution in [1.82, 2.24) is 0 Å². The molecule has 5 rings (SSSR count). The van der Waals surface area contributed by atoms with Crippen LogP contribution < -0.4 is 0 Å². The van der Waals surface area contributed by atoms with Crippen molar-refractivity contribution in [1.29, 1.82) is 0 Å². The van der Waals surface area contributed by atoms with Crippen molar-refractivity contribution >= 4 is 18.5 Å². The lowest BCUT2D eigenvalue weighted by Crippen LogP contribution is -2.38. The van der Waals surface area contributed by atoms with Crippen LogP contribution in [0.25, 0.3) is 0 Å². The van der Waals surface area contributed by atoms with Crippen molar-refractivity contribution in [3.63, 3.8) is 0 Å². The molecule has 0 saturated heterocycles. The fraction of sp³-hybridized carbons (Fsp3) is 0.250. The highest BCUT2D eigenvalue weighted by atomic mass is 31.0. The molecule has 2 atom stereocenters. The monoisotopic (exact) mass is 480 g/mol. The van der Waals surface area contributed by atoms with E-state index in [4.69, 9.17) is 0 Å². The van der Waals surface area contributed by atoms with Gasteiger partial charge in [-0.1, -0.05) is 121 Å². The van der Waals surface area contributed by atoms with Crippen LogP contribution in [0, 0.1) is 11.8 Å². The van der Waals surface area contributed by atoms with E-state index in [0.717, 1.165) is 0 Å². The first-order valence-corrected chi connectivity index (χ1v) is 13.6. The van der Waals surface area contributed by atoms with Gasteiger partial charge in [0.1, 0.15) is 0 Å². The van der Waals surface area contributed by atoms with Gasteiger partial charge in [0, 0.05) is 10.3 Å². The SMILES string of the molecule is PC(c1ccccc1)(c1ccccc1)[C@H]1CC[C@@H](C(P)(c2ccccc2)c2ccccc2)CC1. The smallest absolute Gasteiger partial charge is 0.0372 e. The van der Waals surface area contributed by atoms with Crippen LogP contribution in [-0.4, -0.2) is 0 Å². The van der Waals surface area contributed by atoms with E-state index in [9.17, 15) is 0 Å². The molecule has 0 nitrogen and oxygen atoms in total. The van der Waals surface area contributed by atoms with E-state index in [1.54, 1.807) is 0 Å². The predicted octanol–water partition coefficient (Wildman–Crippen LogP) is 8.43. The topological polar surface area (TPSA) is 0 Å². The molecule has 0 radical (unpaired) electrons. The molecule has 0 spiro atoms. The third kappa shape index (κ3) is 4.28. The summed E-state index contributed by atoms with van der Waals surface area (Å²) in [6.45, 7) is 0. The third-order valence-corrected chi connectivity index (χ3v) is 10.3. The number of hydrogen-bond acceptors (Lipinski definition) is 0. The Morgan fingerprint density at radius 1 is 0.382 bits per heavy atom. The van der Waals surface area contributed by atoms with Gasteiger partial charge in [0.15, 0.2) is 0 Å². The van der Waals surface area contributed by atoms with Crippen molar-refractivity contribution in [2.24, 2.45) is 11.8 Å². The van der Waals surface area contributed by atoms with Gasteiger partial charge in [-0.2, -0.15) is 0 Å². The highest BCUT2D eigenvalue weighted by Crippen LogP contribution is 2.56. The van der Waals surface area contributed by atoms with Gasteiger partial charge in [-0.25, -0.2) is 0 Å². The highest BCUT2D eigenvalue weighted by molar-refractivity contribution is 7.19. The number of rotatable bonds is 6. The second-order valence-electron chi connectivity index (χ2n) is 9.75. The van der Waals surface area contributed by atoms with Gasteiger partial charge in [0.25, 0.3) is 0 Å². The van der Waals surface area contributed by atoms with Crippen molar-refractivity contribution < 1.29 is 0 Å². The molecule has 0 aromatic heterocycles. The first kappa shape index (κ1) is 23.5. The molecule has 4 aromatic carbocycles. The van der Waals surface area contributed by atoms with Crippen LogP contribution in [-0.2, 0) is 10.3 Å². The van der Waals surface area contributed by atoms with Gasteiger partial charge < -0.3 is 0 Å². The van der Waals surface area contributed by atoms with E-state index in [1.807, 2.05) is 0 Å². The summed E-state index contributed by atoms with van der Waals surface area (Å²) in [6.07, 6.45) is 4.86. The Kier molecular flexibility index (Phi) is 7.01. The summed E-state index contributed by atoms with van der Waals surface area (Å²) in [4.78, 5) is 0. The second-order valence-corrected chi connectivity index (χ2v) is 11.6. The summed E-state index contributed by atoms with van der Waals surface area (Å²) in [7, 11) is 6.59. The minimum Gasteiger partial charge on any atom is -0.121 e. The molecule has 4 aromatic rings. The Hall–Kier alpha value is -2.26. The van der Waals surface area contributed by atoms with Crippen molar-refractivity contribution in [3.8, 4) is 0 Å². The number of benzene rings is 4. The molecule has 0 heterocycles. The van der Waals surface area contributed by atoms with Crippen LogP contribution >= 0.6 is 18.5 Å². The summed E-state index contributed by atoms with van der Waals surface area (Å²) in [5.41, 5.74) is 5.60. The maximum absolute atomic E-state index is 3.30. The normalized spacial score (nSPS) is 19.0. The van der Waals surface area contributed by atoms with E-state index in [1.165, 1.54) is 47.9 Å². The first-order chi connectivity index (χ1) is 16.6. The molecule has 0 bridgehead atoms. The molecule has 0 aliphatic heterocycles. The predicted molar refractivity (Wildman–Crippen MR) is 152 cm³/mol. The first-order valence-electron chi connectivity index (χ1n) is 12.4. The van der Waals surface area contributed by atoms with Crippen molar-refractivity contribution in [2.45, 2.75) is 36.0 Å². The fourth-order valence-corrected chi connectivity index (χ4v) is 7.57. The number of hydrogen-bond donors (Lipinski definition) is 0. The Morgan fingerprint density at radius 3 is 0.794 bits per heavy atom. The van der Waals surface area contributed by atoms with Crippen LogP contribution in [0.5, 0.6) is 0 Å². The maximum Gasteiger partial charge on any atom is 0.0372 e. The summed E-state index contributed by atoms with van der Waals surface area (Å²) in [6, 6.07) is 44.4. The Morgan fingerprint density at radius 2 is 0.588 bits per heavy atom. The van der Waals surface area contributed by atoms with E-state index in [0.29, 0.717) is 11.8 Å². The van der Waals surface area contributed by atoms with Gasteiger partial charge >= 0.3 is 0 Å². The minimum atomic E-state index is -0.0590. The molecule has 1 fully saturated rings. The molecule has 1 aliphatic carbocycles. The fourth-order valence-electron chi connectivity index (χ4n) is 6.14. The quantitative estimate of drug-likeness (QED) is 0.243. The van der Waals surface area contributed by atoms with E-state index < -0.39 is 0 Å². The molecule has 172 valence electrons. The molecule has 34 heavy (non-hydrogen) atoms. The molecular formula is C32H34P2. The lowest BCUT2D eigenvalue weighted by Gasteiger charge is -2.47. The zero-order chi connectivity index (χ0) is 23.4. The average Bonchev–Trinajstić information content (AvgIpc) is 2.94. The van der Waals surface area contributed by atoms with Crippen LogP contribution in [0.2, 0.25) is 0 Å². The van der Waals surface area contributed by atoms with Crippen LogP contribution in [0.4, 0.5) is 0 Å². The Labute approximate surface area is 209 Å². The zero-order valence-corrected chi connectivity index (χ0v) is 22.0. The summed E-state index contributed by atoms with van der Waals surface area (Å²) >= 11 is 0. The van der Waals surface area contributed by atoms with Gasteiger partial charge in [0.05, 0.1) is 0 Å².